The van der Waals surface area contributed by atoms with Crippen molar-refractivity contribution in [2.45, 2.75) is 0 Å². The second-order valence-electron chi connectivity index (χ2n) is 4.03. The van der Waals surface area contributed by atoms with Gasteiger partial charge in [-0.3, -0.25) is 4.79 Å². The second-order valence-corrected chi connectivity index (χ2v) is 6.14. The Morgan fingerprint density at radius 2 is 2.29 bits per heavy atom. The lowest BCUT2D eigenvalue weighted by Gasteiger charge is -2.22. The average molecular weight is 219 g/mol. The predicted octanol–water partition coefficient (Wildman–Crippen LogP) is -1.21. The number of carbonyl (C=O) groups is 1. The van der Waals surface area contributed by atoms with E-state index in [4.69, 9.17) is 0 Å². The van der Waals surface area contributed by atoms with E-state index in [1.165, 1.54) is 7.11 Å². The number of nitrogens with one attached hydrogen (secondary N) is 1. The molecule has 2 heterocycles. The maximum absolute atomic E-state index is 11.6. The van der Waals surface area contributed by atoms with E-state index in [1.807, 2.05) is 0 Å². The van der Waals surface area contributed by atoms with Gasteiger partial charge in [0.25, 0.3) is 0 Å². The van der Waals surface area contributed by atoms with Crippen molar-refractivity contribution in [3.8, 4) is 0 Å². The molecule has 0 aromatic heterocycles. The molecule has 80 valence electrons. The first-order valence-electron chi connectivity index (χ1n) is 4.50. The summed E-state index contributed by atoms with van der Waals surface area (Å²) in [5.41, 5.74) is -0.812. The van der Waals surface area contributed by atoms with Crippen LogP contribution in [-0.4, -0.2) is 46.1 Å². The summed E-state index contributed by atoms with van der Waals surface area (Å²) in [5.74, 6) is -0.465. The third-order valence-electron chi connectivity index (χ3n) is 3.14. The summed E-state index contributed by atoms with van der Waals surface area (Å²) in [6.45, 7) is 1.01. The maximum atomic E-state index is 11.6. The van der Waals surface area contributed by atoms with Crippen molar-refractivity contribution in [1.29, 1.82) is 0 Å². The van der Waals surface area contributed by atoms with Crippen molar-refractivity contribution < 1.29 is 17.9 Å². The van der Waals surface area contributed by atoms with Crippen LogP contribution < -0.4 is 5.32 Å². The molecule has 2 aliphatic rings. The number of esters is 1. The number of ether oxygens (including phenoxy) is 1. The standard InChI is InChI=1S/C8H13NO4S/c1-13-7(10)8-4-9-2-6(8)3-14(11,12)5-8/h6,9H,2-5H2,1H3/t6-,8-/m0/s1. The number of methoxy groups -OCH3 is 1. The van der Waals surface area contributed by atoms with Crippen LogP contribution in [0.5, 0.6) is 0 Å². The van der Waals surface area contributed by atoms with Gasteiger partial charge in [-0.05, 0) is 0 Å². The lowest BCUT2D eigenvalue weighted by atomic mass is 9.81. The van der Waals surface area contributed by atoms with Crippen molar-refractivity contribution in [3.63, 3.8) is 0 Å². The molecule has 0 radical (unpaired) electrons. The van der Waals surface area contributed by atoms with Gasteiger partial charge in [-0.2, -0.15) is 0 Å². The summed E-state index contributed by atoms with van der Waals surface area (Å²) in [6.07, 6.45) is 0. The molecule has 2 atom stereocenters. The van der Waals surface area contributed by atoms with Crippen LogP contribution in [0.3, 0.4) is 0 Å². The fourth-order valence-electron chi connectivity index (χ4n) is 2.46. The van der Waals surface area contributed by atoms with Gasteiger partial charge in [-0.15, -0.1) is 0 Å². The second kappa shape index (κ2) is 2.93. The average Bonchev–Trinajstić information content (AvgIpc) is 2.56. The van der Waals surface area contributed by atoms with E-state index in [0.717, 1.165) is 0 Å². The molecule has 2 rings (SSSR count). The summed E-state index contributed by atoms with van der Waals surface area (Å²) in [7, 11) is -1.76. The molecular weight excluding hydrogens is 206 g/mol. The number of hydrogen-bond donors (Lipinski definition) is 1. The molecule has 2 aliphatic heterocycles. The Morgan fingerprint density at radius 1 is 1.57 bits per heavy atom. The lowest BCUT2D eigenvalue weighted by Crippen LogP contribution is -2.39. The molecule has 5 nitrogen and oxygen atoms in total. The molecule has 0 amide bonds. The molecule has 2 fully saturated rings. The molecule has 14 heavy (non-hydrogen) atoms. The first-order chi connectivity index (χ1) is 6.50. The monoisotopic (exact) mass is 219 g/mol. The smallest absolute Gasteiger partial charge is 0.314 e. The molecular formula is C8H13NO4S. The molecule has 0 unspecified atom stereocenters. The quantitative estimate of drug-likeness (QED) is 0.560. The van der Waals surface area contributed by atoms with Crippen LogP contribution >= 0.6 is 0 Å². The molecule has 6 heteroatoms. The van der Waals surface area contributed by atoms with E-state index >= 15 is 0 Å². The molecule has 0 spiro atoms. The topological polar surface area (TPSA) is 72.5 Å². The summed E-state index contributed by atoms with van der Waals surface area (Å²) in [5, 5.41) is 3.05. The highest BCUT2D eigenvalue weighted by molar-refractivity contribution is 7.91. The third kappa shape index (κ3) is 1.25. The summed E-state index contributed by atoms with van der Waals surface area (Å²) < 4.78 is 27.6. The minimum atomic E-state index is -3.06. The van der Waals surface area contributed by atoms with Gasteiger partial charge >= 0.3 is 5.97 Å². The van der Waals surface area contributed by atoms with Crippen LogP contribution in [0, 0.1) is 11.3 Å². The number of sulfone groups is 1. The maximum Gasteiger partial charge on any atom is 0.314 e. The van der Waals surface area contributed by atoms with Crippen LogP contribution in [0.4, 0.5) is 0 Å². The third-order valence-corrected chi connectivity index (χ3v) is 5.00. The molecule has 0 saturated carbocycles. The molecule has 0 aliphatic carbocycles. The van der Waals surface area contributed by atoms with Crippen molar-refractivity contribution in [2.24, 2.45) is 11.3 Å². The molecule has 0 aromatic carbocycles. The Hall–Kier alpha value is -0.620. The van der Waals surface area contributed by atoms with Crippen molar-refractivity contribution in [2.75, 3.05) is 31.7 Å². The Bertz CT molecular complexity index is 364. The Morgan fingerprint density at radius 3 is 2.93 bits per heavy atom. The molecule has 0 bridgehead atoms. The Kier molecular flexibility index (Phi) is 2.08. The van der Waals surface area contributed by atoms with Gasteiger partial charge in [-0.25, -0.2) is 8.42 Å². The highest BCUT2D eigenvalue weighted by Gasteiger charge is 2.58. The minimum absolute atomic E-state index is 0.0651. The van der Waals surface area contributed by atoms with Gasteiger partial charge in [-0.1, -0.05) is 0 Å². The van der Waals surface area contributed by atoms with Crippen LogP contribution in [0.15, 0.2) is 0 Å². The number of rotatable bonds is 1. The number of carbonyl (C=O) groups excluding carboxylic acids is 1. The number of hydrogen-bond acceptors (Lipinski definition) is 5. The molecule has 0 aromatic rings. The normalized spacial score (nSPS) is 39.4. The highest BCUT2D eigenvalue weighted by Crippen LogP contribution is 2.41. The fourth-order valence-corrected chi connectivity index (χ4v) is 4.86. The first kappa shape index (κ1) is 9.92. The number of fused-ring (bicyclic) bond motifs is 1. The van der Waals surface area contributed by atoms with E-state index in [0.29, 0.717) is 13.1 Å². The SMILES string of the molecule is COC(=O)[C@]12CNC[C@H]1CS(=O)(=O)C2. The molecule has 1 N–H and O–H groups in total. The zero-order valence-electron chi connectivity index (χ0n) is 7.95. The Balaban J connectivity index is 2.37. The largest absolute Gasteiger partial charge is 0.469 e. The van der Waals surface area contributed by atoms with Gasteiger partial charge < -0.3 is 10.1 Å². The van der Waals surface area contributed by atoms with E-state index in [2.05, 4.69) is 10.1 Å². The lowest BCUT2D eigenvalue weighted by molar-refractivity contribution is -0.151. The summed E-state index contributed by atoms with van der Waals surface area (Å²) in [4.78, 5) is 11.6. The van der Waals surface area contributed by atoms with Crippen molar-refractivity contribution >= 4 is 15.8 Å². The van der Waals surface area contributed by atoms with Gasteiger partial charge in [0.15, 0.2) is 9.84 Å². The van der Waals surface area contributed by atoms with E-state index in [1.54, 1.807) is 0 Å². The first-order valence-corrected chi connectivity index (χ1v) is 6.32. The zero-order chi connectivity index (χ0) is 10.4. The summed E-state index contributed by atoms with van der Waals surface area (Å²) in [6, 6.07) is 0. The minimum Gasteiger partial charge on any atom is -0.469 e. The Labute approximate surface area is 82.7 Å². The van der Waals surface area contributed by atoms with Crippen LogP contribution in [0.1, 0.15) is 0 Å². The van der Waals surface area contributed by atoms with Gasteiger partial charge in [0.05, 0.1) is 24.0 Å². The van der Waals surface area contributed by atoms with E-state index < -0.39 is 21.2 Å². The van der Waals surface area contributed by atoms with E-state index in [-0.39, 0.29) is 17.4 Å². The van der Waals surface area contributed by atoms with Gasteiger partial charge in [0.2, 0.25) is 0 Å². The van der Waals surface area contributed by atoms with Gasteiger partial charge in [0.1, 0.15) is 0 Å². The van der Waals surface area contributed by atoms with Crippen LogP contribution in [0.2, 0.25) is 0 Å². The van der Waals surface area contributed by atoms with Crippen molar-refractivity contribution in [3.05, 3.63) is 0 Å². The summed E-state index contributed by atoms with van der Waals surface area (Å²) >= 11 is 0. The van der Waals surface area contributed by atoms with Crippen LogP contribution in [0.25, 0.3) is 0 Å². The zero-order valence-corrected chi connectivity index (χ0v) is 8.76. The highest BCUT2D eigenvalue weighted by atomic mass is 32.2. The van der Waals surface area contributed by atoms with Crippen molar-refractivity contribution in [1.82, 2.24) is 5.32 Å². The van der Waals surface area contributed by atoms with Crippen LogP contribution in [-0.2, 0) is 19.4 Å². The van der Waals surface area contributed by atoms with Gasteiger partial charge in [0, 0.05) is 19.0 Å². The molecule has 2 saturated heterocycles. The predicted molar refractivity (Wildman–Crippen MR) is 49.5 cm³/mol. The van der Waals surface area contributed by atoms with E-state index in [9.17, 15) is 13.2 Å². The fraction of sp³-hybridized carbons (Fsp3) is 0.875.